The SMILES string of the molecule is CCc1[nH+]c(C)c(CC)c(N(C)C)c1C. The van der Waals surface area contributed by atoms with Crippen molar-refractivity contribution in [1.82, 2.24) is 0 Å². The van der Waals surface area contributed by atoms with Gasteiger partial charge in [0.2, 0.25) is 0 Å². The predicted molar refractivity (Wildman–Crippen MR) is 65.6 cm³/mol. The Morgan fingerprint density at radius 3 is 2.07 bits per heavy atom. The highest BCUT2D eigenvalue weighted by atomic mass is 15.1. The molecule has 1 aromatic rings. The lowest BCUT2D eigenvalue weighted by molar-refractivity contribution is -0.400. The molecule has 1 heterocycles. The van der Waals surface area contributed by atoms with Crippen LogP contribution in [0.25, 0.3) is 0 Å². The molecule has 0 atom stereocenters. The van der Waals surface area contributed by atoms with E-state index in [1.54, 1.807) is 0 Å². The zero-order valence-electron chi connectivity index (χ0n) is 10.9. The van der Waals surface area contributed by atoms with Crippen LogP contribution in [0.4, 0.5) is 5.69 Å². The highest BCUT2D eigenvalue weighted by Gasteiger charge is 2.18. The van der Waals surface area contributed by atoms with Crippen molar-refractivity contribution in [1.29, 1.82) is 0 Å². The van der Waals surface area contributed by atoms with Crippen molar-refractivity contribution in [2.45, 2.75) is 40.5 Å². The number of nitrogens with zero attached hydrogens (tertiary/aromatic N) is 1. The zero-order valence-corrected chi connectivity index (χ0v) is 10.9. The maximum atomic E-state index is 3.51. The van der Waals surface area contributed by atoms with Gasteiger partial charge in [0.25, 0.3) is 0 Å². The Kier molecular flexibility index (Phi) is 3.72. The molecule has 0 unspecified atom stereocenters. The normalized spacial score (nSPS) is 10.5. The molecule has 2 heteroatoms. The Morgan fingerprint density at radius 1 is 1.07 bits per heavy atom. The second-order valence-corrected chi connectivity index (χ2v) is 4.28. The van der Waals surface area contributed by atoms with Gasteiger partial charge in [0.15, 0.2) is 11.4 Å². The zero-order chi connectivity index (χ0) is 11.6. The number of aryl methyl sites for hydroxylation is 2. The molecule has 0 aliphatic heterocycles. The summed E-state index contributed by atoms with van der Waals surface area (Å²) in [7, 11) is 4.25. The van der Waals surface area contributed by atoms with Crippen molar-refractivity contribution in [2.75, 3.05) is 19.0 Å². The van der Waals surface area contributed by atoms with Gasteiger partial charge in [-0.25, -0.2) is 4.98 Å². The van der Waals surface area contributed by atoms with E-state index >= 15 is 0 Å². The van der Waals surface area contributed by atoms with Gasteiger partial charge >= 0.3 is 0 Å². The van der Waals surface area contributed by atoms with Crippen molar-refractivity contribution in [3.05, 3.63) is 22.5 Å². The summed E-state index contributed by atoms with van der Waals surface area (Å²) in [6, 6.07) is 0. The quantitative estimate of drug-likeness (QED) is 0.743. The van der Waals surface area contributed by atoms with Crippen molar-refractivity contribution >= 4 is 5.69 Å². The number of anilines is 1. The molecule has 84 valence electrons. The van der Waals surface area contributed by atoms with Crippen molar-refractivity contribution in [2.24, 2.45) is 0 Å². The Bertz CT molecular complexity index is 354. The van der Waals surface area contributed by atoms with Gasteiger partial charge in [-0.15, -0.1) is 0 Å². The van der Waals surface area contributed by atoms with E-state index in [0.29, 0.717) is 0 Å². The van der Waals surface area contributed by atoms with Crippen molar-refractivity contribution < 1.29 is 4.98 Å². The Balaban J connectivity index is 3.48. The van der Waals surface area contributed by atoms with Crippen LogP contribution < -0.4 is 9.88 Å². The summed E-state index contributed by atoms with van der Waals surface area (Å²) in [5.41, 5.74) is 6.89. The number of nitrogens with one attached hydrogen (secondary N) is 1. The fraction of sp³-hybridized carbons (Fsp3) is 0.615. The Hall–Kier alpha value is -1.05. The Morgan fingerprint density at radius 2 is 1.67 bits per heavy atom. The number of pyridine rings is 1. The van der Waals surface area contributed by atoms with E-state index in [0.717, 1.165) is 12.8 Å². The van der Waals surface area contributed by atoms with Crippen LogP contribution in [0.1, 0.15) is 36.4 Å². The molecule has 1 aromatic heterocycles. The molecule has 1 rings (SSSR count). The molecular formula is C13H23N2+. The summed E-state index contributed by atoms with van der Waals surface area (Å²) in [5, 5.41) is 0. The van der Waals surface area contributed by atoms with E-state index in [1.807, 2.05) is 0 Å². The van der Waals surface area contributed by atoms with E-state index in [9.17, 15) is 0 Å². The molecule has 0 aliphatic carbocycles. The third kappa shape index (κ3) is 2.14. The maximum Gasteiger partial charge on any atom is 0.184 e. The lowest BCUT2D eigenvalue weighted by Crippen LogP contribution is -2.24. The highest BCUT2D eigenvalue weighted by molar-refractivity contribution is 5.59. The molecule has 0 radical (unpaired) electrons. The highest BCUT2D eigenvalue weighted by Crippen LogP contribution is 2.26. The number of aromatic nitrogens is 1. The van der Waals surface area contributed by atoms with Gasteiger partial charge in [-0.3, -0.25) is 0 Å². The van der Waals surface area contributed by atoms with Gasteiger partial charge in [-0.1, -0.05) is 13.8 Å². The minimum Gasteiger partial charge on any atom is -0.377 e. The van der Waals surface area contributed by atoms with Crippen LogP contribution in [0, 0.1) is 13.8 Å². The molecule has 15 heavy (non-hydrogen) atoms. The third-order valence-corrected chi connectivity index (χ3v) is 3.04. The molecule has 2 nitrogen and oxygen atoms in total. The minimum absolute atomic E-state index is 1.07. The van der Waals surface area contributed by atoms with Gasteiger partial charge in [0.05, 0.1) is 5.69 Å². The van der Waals surface area contributed by atoms with Crippen LogP contribution in [0.15, 0.2) is 0 Å². The number of rotatable bonds is 3. The second-order valence-electron chi connectivity index (χ2n) is 4.28. The van der Waals surface area contributed by atoms with Gasteiger partial charge < -0.3 is 4.90 Å². The molecule has 0 spiro atoms. The molecule has 0 amide bonds. The van der Waals surface area contributed by atoms with Crippen molar-refractivity contribution in [3.8, 4) is 0 Å². The molecular weight excluding hydrogens is 184 g/mol. The van der Waals surface area contributed by atoms with Crippen molar-refractivity contribution in [3.63, 3.8) is 0 Å². The van der Waals surface area contributed by atoms with Crippen LogP contribution in [-0.2, 0) is 12.8 Å². The molecule has 0 aliphatic rings. The van der Waals surface area contributed by atoms with E-state index < -0.39 is 0 Å². The van der Waals surface area contributed by atoms with Gasteiger partial charge in [-0.05, 0) is 13.3 Å². The molecule has 1 N–H and O–H groups in total. The number of hydrogen-bond acceptors (Lipinski definition) is 1. The summed E-state index contributed by atoms with van der Waals surface area (Å²) >= 11 is 0. The lowest BCUT2D eigenvalue weighted by Gasteiger charge is -2.20. The van der Waals surface area contributed by atoms with E-state index in [-0.39, 0.29) is 0 Å². The number of H-pyrrole nitrogens is 1. The molecule has 0 aromatic carbocycles. The summed E-state index contributed by atoms with van der Waals surface area (Å²) < 4.78 is 0. The molecule has 0 saturated heterocycles. The molecule has 0 bridgehead atoms. The first-order valence-corrected chi connectivity index (χ1v) is 5.74. The first-order valence-electron chi connectivity index (χ1n) is 5.74. The number of hydrogen-bond donors (Lipinski definition) is 0. The average Bonchev–Trinajstić information content (AvgIpc) is 2.19. The molecule has 0 fully saturated rings. The van der Waals surface area contributed by atoms with Crippen LogP contribution in [0.2, 0.25) is 0 Å². The molecule has 0 saturated carbocycles. The second kappa shape index (κ2) is 4.65. The maximum absolute atomic E-state index is 3.51. The first kappa shape index (κ1) is 12.0. The van der Waals surface area contributed by atoms with Gasteiger partial charge in [0, 0.05) is 38.6 Å². The van der Waals surface area contributed by atoms with Gasteiger partial charge in [0.1, 0.15) is 0 Å². The summed E-state index contributed by atoms with van der Waals surface area (Å²) in [4.78, 5) is 5.74. The van der Waals surface area contributed by atoms with Crippen LogP contribution in [0.3, 0.4) is 0 Å². The first-order chi connectivity index (χ1) is 7.02. The fourth-order valence-electron chi connectivity index (χ4n) is 2.33. The van der Waals surface area contributed by atoms with Crippen LogP contribution in [0.5, 0.6) is 0 Å². The van der Waals surface area contributed by atoms with E-state index in [4.69, 9.17) is 0 Å². The lowest BCUT2D eigenvalue weighted by atomic mass is 10.0. The van der Waals surface area contributed by atoms with Crippen LogP contribution in [-0.4, -0.2) is 14.1 Å². The minimum atomic E-state index is 1.07. The monoisotopic (exact) mass is 207 g/mol. The smallest absolute Gasteiger partial charge is 0.184 e. The standard InChI is InChI=1S/C13H22N2/c1-7-11-10(4)14-12(8-2)9(3)13(11)15(5)6/h7-8H2,1-6H3/p+1. The predicted octanol–water partition coefficient (Wildman–Crippen LogP) is 2.31. The van der Waals surface area contributed by atoms with E-state index in [1.165, 1.54) is 28.2 Å². The summed E-state index contributed by atoms with van der Waals surface area (Å²) in [6.45, 7) is 8.80. The summed E-state index contributed by atoms with van der Waals surface area (Å²) in [5.74, 6) is 0. The van der Waals surface area contributed by atoms with E-state index in [2.05, 4.69) is 51.7 Å². The number of aromatic amines is 1. The van der Waals surface area contributed by atoms with Gasteiger partial charge in [-0.2, -0.15) is 0 Å². The largest absolute Gasteiger partial charge is 0.377 e. The van der Waals surface area contributed by atoms with Crippen LogP contribution >= 0.6 is 0 Å². The topological polar surface area (TPSA) is 17.4 Å². The Labute approximate surface area is 93.3 Å². The fourth-order valence-corrected chi connectivity index (χ4v) is 2.33. The average molecular weight is 207 g/mol. The third-order valence-electron chi connectivity index (χ3n) is 3.04. The summed E-state index contributed by atoms with van der Waals surface area (Å²) in [6.07, 6.45) is 2.15.